The van der Waals surface area contributed by atoms with Gasteiger partial charge < -0.3 is 10.1 Å². The van der Waals surface area contributed by atoms with Gasteiger partial charge in [-0.15, -0.1) is 0 Å². The number of methoxy groups -OCH3 is 1. The van der Waals surface area contributed by atoms with Crippen LogP contribution < -0.4 is 5.32 Å². The molecule has 4 nitrogen and oxygen atoms in total. The molecule has 0 aliphatic heterocycles. The summed E-state index contributed by atoms with van der Waals surface area (Å²) >= 11 is 5.85. The van der Waals surface area contributed by atoms with E-state index in [0.29, 0.717) is 18.0 Å². The maximum absolute atomic E-state index is 13.4. The third-order valence-corrected chi connectivity index (χ3v) is 2.35. The zero-order valence-corrected chi connectivity index (χ0v) is 10.4. The predicted octanol–water partition coefficient (Wildman–Crippen LogP) is 3.16. The highest BCUT2D eigenvalue weighted by molar-refractivity contribution is 6.29. The van der Waals surface area contributed by atoms with Gasteiger partial charge in [0.2, 0.25) is 5.95 Å². The number of benzene rings is 1. The van der Waals surface area contributed by atoms with Crippen LogP contribution in [0.15, 0.2) is 30.3 Å². The standard InChI is InChI=1S/C12H11ClFN3O/c1-18-7-8-6-11(13)17-12(15-8)16-10-5-3-2-4-9(10)14/h2-6H,7H2,1H3,(H,15,16,17). The van der Waals surface area contributed by atoms with E-state index in [0.717, 1.165) is 0 Å². The van der Waals surface area contributed by atoms with Crippen molar-refractivity contribution >= 4 is 23.2 Å². The molecule has 94 valence electrons. The number of nitrogens with zero attached hydrogens (tertiary/aromatic N) is 2. The molecule has 1 aromatic heterocycles. The first-order valence-electron chi connectivity index (χ1n) is 5.23. The van der Waals surface area contributed by atoms with Crippen LogP contribution in [0.5, 0.6) is 0 Å². The molecule has 0 saturated carbocycles. The minimum Gasteiger partial charge on any atom is -0.378 e. The molecule has 6 heteroatoms. The van der Waals surface area contributed by atoms with Crippen molar-refractivity contribution in [3.8, 4) is 0 Å². The molecule has 0 unspecified atom stereocenters. The van der Waals surface area contributed by atoms with Crippen LogP contribution in [0.3, 0.4) is 0 Å². The Morgan fingerprint density at radius 1 is 1.33 bits per heavy atom. The first-order valence-corrected chi connectivity index (χ1v) is 5.61. The van der Waals surface area contributed by atoms with E-state index in [1.54, 1.807) is 31.4 Å². The minimum absolute atomic E-state index is 0.236. The summed E-state index contributed by atoms with van der Waals surface area (Å²) in [5.41, 5.74) is 0.916. The van der Waals surface area contributed by atoms with Crippen LogP contribution in [0.2, 0.25) is 5.15 Å². The Balaban J connectivity index is 2.26. The van der Waals surface area contributed by atoms with E-state index in [1.165, 1.54) is 6.07 Å². The van der Waals surface area contributed by atoms with Gasteiger partial charge in [-0.25, -0.2) is 14.4 Å². The van der Waals surface area contributed by atoms with Crippen molar-refractivity contribution in [2.45, 2.75) is 6.61 Å². The Bertz CT molecular complexity index is 551. The zero-order chi connectivity index (χ0) is 13.0. The third kappa shape index (κ3) is 3.15. The Labute approximate surface area is 109 Å². The number of rotatable bonds is 4. The molecule has 0 atom stereocenters. The second-order valence-corrected chi connectivity index (χ2v) is 3.93. The maximum atomic E-state index is 13.4. The van der Waals surface area contributed by atoms with Gasteiger partial charge in [0.05, 0.1) is 18.0 Å². The fraction of sp³-hybridized carbons (Fsp3) is 0.167. The summed E-state index contributed by atoms with van der Waals surface area (Å²) in [5, 5.41) is 3.05. The summed E-state index contributed by atoms with van der Waals surface area (Å²) in [6, 6.07) is 7.86. The molecule has 2 rings (SSSR count). The number of nitrogens with one attached hydrogen (secondary N) is 1. The number of ether oxygens (including phenoxy) is 1. The summed E-state index contributed by atoms with van der Waals surface area (Å²) in [5.74, 6) is -0.144. The monoisotopic (exact) mass is 267 g/mol. The first-order chi connectivity index (χ1) is 8.69. The number of para-hydroxylation sites is 1. The number of hydrogen-bond acceptors (Lipinski definition) is 4. The van der Waals surface area contributed by atoms with Gasteiger partial charge in [-0.2, -0.15) is 0 Å². The summed E-state index contributed by atoms with van der Waals surface area (Å²) in [6.07, 6.45) is 0. The molecule has 0 aliphatic rings. The predicted molar refractivity (Wildman–Crippen MR) is 67.4 cm³/mol. The van der Waals surface area contributed by atoms with Crippen LogP contribution in [0.25, 0.3) is 0 Å². The lowest BCUT2D eigenvalue weighted by atomic mass is 10.3. The SMILES string of the molecule is COCc1cc(Cl)nc(Nc2ccccc2F)n1. The van der Waals surface area contributed by atoms with E-state index >= 15 is 0 Å². The van der Waals surface area contributed by atoms with E-state index in [9.17, 15) is 4.39 Å². The summed E-state index contributed by atoms with van der Waals surface area (Å²) in [4.78, 5) is 8.13. The summed E-state index contributed by atoms with van der Waals surface area (Å²) in [6.45, 7) is 0.314. The molecule has 18 heavy (non-hydrogen) atoms. The maximum Gasteiger partial charge on any atom is 0.229 e. The Hall–Kier alpha value is -1.72. The highest BCUT2D eigenvalue weighted by Crippen LogP contribution is 2.18. The lowest BCUT2D eigenvalue weighted by Gasteiger charge is -2.07. The molecular formula is C12H11ClFN3O. The van der Waals surface area contributed by atoms with E-state index < -0.39 is 0 Å². The number of aromatic nitrogens is 2. The topological polar surface area (TPSA) is 47.0 Å². The van der Waals surface area contributed by atoms with Crippen molar-refractivity contribution in [1.82, 2.24) is 9.97 Å². The van der Waals surface area contributed by atoms with Crippen LogP contribution in [-0.2, 0) is 11.3 Å². The Morgan fingerprint density at radius 3 is 2.83 bits per heavy atom. The largest absolute Gasteiger partial charge is 0.378 e. The molecule has 0 spiro atoms. The molecule has 0 radical (unpaired) electrons. The molecule has 1 heterocycles. The summed E-state index contributed by atoms with van der Waals surface area (Å²) < 4.78 is 18.4. The summed E-state index contributed by atoms with van der Waals surface area (Å²) in [7, 11) is 1.56. The Kier molecular flexibility index (Phi) is 4.07. The van der Waals surface area contributed by atoms with Gasteiger partial charge in [-0.05, 0) is 18.2 Å². The third-order valence-electron chi connectivity index (χ3n) is 2.16. The number of anilines is 2. The van der Waals surface area contributed by atoms with Crippen LogP contribution in [0.1, 0.15) is 5.69 Å². The Morgan fingerprint density at radius 2 is 2.11 bits per heavy atom. The first kappa shape index (κ1) is 12.7. The van der Waals surface area contributed by atoms with Crippen LogP contribution in [0.4, 0.5) is 16.0 Å². The molecule has 0 amide bonds. The smallest absolute Gasteiger partial charge is 0.229 e. The van der Waals surface area contributed by atoms with Crippen molar-refractivity contribution in [3.63, 3.8) is 0 Å². The normalized spacial score (nSPS) is 10.4. The molecular weight excluding hydrogens is 257 g/mol. The van der Waals surface area contributed by atoms with Gasteiger partial charge in [0.15, 0.2) is 0 Å². The quantitative estimate of drug-likeness (QED) is 0.865. The average Bonchev–Trinajstić information content (AvgIpc) is 2.32. The van der Waals surface area contributed by atoms with Crippen molar-refractivity contribution in [2.24, 2.45) is 0 Å². The molecule has 1 aromatic carbocycles. The van der Waals surface area contributed by atoms with Crippen LogP contribution in [-0.4, -0.2) is 17.1 Å². The lowest BCUT2D eigenvalue weighted by molar-refractivity contribution is 0.181. The van der Waals surface area contributed by atoms with E-state index in [1.807, 2.05) is 0 Å². The minimum atomic E-state index is -0.380. The highest BCUT2D eigenvalue weighted by Gasteiger charge is 2.06. The van der Waals surface area contributed by atoms with Gasteiger partial charge >= 0.3 is 0 Å². The number of halogens is 2. The second-order valence-electron chi connectivity index (χ2n) is 3.54. The molecule has 1 N–H and O–H groups in total. The molecule has 0 fully saturated rings. The van der Waals surface area contributed by atoms with Gasteiger partial charge in [-0.3, -0.25) is 0 Å². The molecule has 0 bridgehead atoms. The van der Waals surface area contributed by atoms with Gasteiger partial charge in [0.1, 0.15) is 11.0 Å². The number of hydrogen-bond donors (Lipinski definition) is 1. The fourth-order valence-electron chi connectivity index (χ4n) is 1.42. The fourth-order valence-corrected chi connectivity index (χ4v) is 1.63. The highest BCUT2D eigenvalue weighted by atomic mass is 35.5. The van der Waals surface area contributed by atoms with Crippen LogP contribution >= 0.6 is 11.6 Å². The molecule has 0 aliphatic carbocycles. The molecule has 0 saturated heterocycles. The van der Waals surface area contributed by atoms with Crippen molar-refractivity contribution in [1.29, 1.82) is 0 Å². The van der Waals surface area contributed by atoms with Crippen LogP contribution in [0, 0.1) is 5.82 Å². The van der Waals surface area contributed by atoms with E-state index in [-0.39, 0.29) is 16.9 Å². The van der Waals surface area contributed by atoms with Crippen molar-refractivity contribution < 1.29 is 9.13 Å². The lowest BCUT2D eigenvalue weighted by Crippen LogP contribution is -2.02. The van der Waals surface area contributed by atoms with Crippen molar-refractivity contribution in [3.05, 3.63) is 47.0 Å². The van der Waals surface area contributed by atoms with E-state index in [2.05, 4.69) is 15.3 Å². The molecule has 2 aromatic rings. The average molecular weight is 268 g/mol. The van der Waals surface area contributed by atoms with Gasteiger partial charge in [0, 0.05) is 7.11 Å². The van der Waals surface area contributed by atoms with Crippen molar-refractivity contribution in [2.75, 3.05) is 12.4 Å². The van der Waals surface area contributed by atoms with Gasteiger partial charge in [0.25, 0.3) is 0 Å². The van der Waals surface area contributed by atoms with Gasteiger partial charge in [-0.1, -0.05) is 23.7 Å². The van der Waals surface area contributed by atoms with E-state index in [4.69, 9.17) is 16.3 Å². The second kappa shape index (κ2) is 5.75. The zero-order valence-electron chi connectivity index (χ0n) is 9.65.